The van der Waals surface area contributed by atoms with Crippen molar-refractivity contribution in [3.8, 4) is 0 Å². The molecular formula is C29H37NO3. The summed E-state index contributed by atoms with van der Waals surface area (Å²) in [5, 5.41) is 17.0. The second-order valence-corrected chi connectivity index (χ2v) is 6.60. The van der Waals surface area contributed by atoms with Crippen LogP contribution in [0.3, 0.4) is 0 Å². The van der Waals surface area contributed by atoms with E-state index < -0.39 is 5.97 Å². The van der Waals surface area contributed by atoms with Crippen molar-refractivity contribution in [3.05, 3.63) is 120 Å². The van der Waals surface area contributed by atoms with Gasteiger partial charge in [-0.25, -0.2) is 0 Å². The second kappa shape index (κ2) is 19.2. The molecular weight excluding hydrogens is 410 g/mol. The number of nitrogens with one attached hydrogen (secondary N) is 1. The van der Waals surface area contributed by atoms with Crippen molar-refractivity contribution in [2.45, 2.75) is 40.2 Å². The molecule has 0 fully saturated rings. The van der Waals surface area contributed by atoms with E-state index in [1.165, 1.54) is 0 Å². The van der Waals surface area contributed by atoms with Gasteiger partial charge in [-0.3, -0.25) is 4.79 Å². The highest BCUT2D eigenvalue weighted by molar-refractivity contribution is 6.02. The summed E-state index contributed by atoms with van der Waals surface area (Å²) in [5.74, 6) is -0.855. The summed E-state index contributed by atoms with van der Waals surface area (Å²) in [4.78, 5) is 11.0. The van der Waals surface area contributed by atoms with E-state index in [-0.39, 0.29) is 6.42 Å². The third-order valence-electron chi connectivity index (χ3n) is 4.14. The summed E-state index contributed by atoms with van der Waals surface area (Å²) < 4.78 is 5.69. The van der Waals surface area contributed by atoms with E-state index in [9.17, 15) is 4.79 Å². The molecule has 1 aromatic carbocycles. The van der Waals surface area contributed by atoms with E-state index in [0.29, 0.717) is 18.9 Å². The zero-order valence-electron chi connectivity index (χ0n) is 20.1. The molecule has 0 atom stereocenters. The van der Waals surface area contributed by atoms with Crippen LogP contribution in [-0.4, -0.2) is 23.4 Å². The van der Waals surface area contributed by atoms with Gasteiger partial charge in [-0.2, -0.15) is 0 Å². The summed E-state index contributed by atoms with van der Waals surface area (Å²) in [7, 11) is 0. The lowest BCUT2D eigenvalue weighted by Crippen LogP contribution is -2.04. The van der Waals surface area contributed by atoms with Crippen molar-refractivity contribution in [1.29, 1.82) is 5.41 Å². The van der Waals surface area contributed by atoms with Gasteiger partial charge in [0.05, 0.1) is 25.3 Å². The maximum atomic E-state index is 11.0. The predicted octanol–water partition coefficient (Wildman–Crippen LogP) is 7.18. The third-order valence-corrected chi connectivity index (χ3v) is 4.14. The summed E-state index contributed by atoms with van der Waals surface area (Å²) in [6.07, 6.45) is 19.2. The molecule has 0 aliphatic heterocycles. The molecule has 0 bridgehead atoms. The Morgan fingerprint density at radius 2 is 1.67 bits per heavy atom. The average Bonchev–Trinajstić information content (AvgIpc) is 2.81. The van der Waals surface area contributed by atoms with Gasteiger partial charge in [-0.05, 0) is 40.8 Å². The highest BCUT2D eigenvalue weighted by Gasteiger charge is 2.05. The number of carboxylic acids is 1. The van der Waals surface area contributed by atoms with Crippen molar-refractivity contribution >= 4 is 11.7 Å². The van der Waals surface area contributed by atoms with Gasteiger partial charge in [0, 0.05) is 0 Å². The normalized spacial score (nSPS) is 12.1. The summed E-state index contributed by atoms with van der Waals surface area (Å²) in [6, 6.07) is 7.40. The fraction of sp³-hybridized carbons (Fsp3) is 0.241. The van der Waals surface area contributed by atoms with Gasteiger partial charge in [0.15, 0.2) is 0 Å². The predicted molar refractivity (Wildman–Crippen MR) is 141 cm³/mol. The van der Waals surface area contributed by atoms with Gasteiger partial charge in [0.2, 0.25) is 0 Å². The second-order valence-electron chi connectivity index (χ2n) is 6.60. The number of carboxylic acid groups (broad SMARTS) is 1. The molecule has 2 N–H and O–H groups in total. The highest BCUT2D eigenvalue weighted by Crippen LogP contribution is 2.11. The molecule has 1 rings (SSSR count). The summed E-state index contributed by atoms with van der Waals surface area (Å²) >= 11 is 0. The van der Waals surface area contributed by atoms with E-state index in [1.54, 1.807) is 24.3 Å². The van der Waals surface area contributed by atoms with Gasteiger partial charge in [0.25, 0.3) is 0 Å². The van der Waals surface area contributed by atoms with Crippen LogP contribution in [0, 0.1) is 5.41 Å². The number of hydrogen-bond acceptors (Lipinski definition) is 3. The molecule has 176 valence electrons. The van der Waals surface area contributed by atoms with Crippen LogP contribution >= 0.6 is 0 Å². The monoisotopic (exact) mass is 447 g/mol. The lowest BCUT2D eigenvalue weighted by molar-refractivity contribution is -0.136. The molecule has 0 amide bonds. The van der Waals surface area contributed by atoms with Crippen molar-refractivity contribution in [2.24, 2.45) is 0 Å². The minimum Gasteiger partial charge on any atom is -0.481 e. The van der Waals surface area contributed by atoms with E-state index in [0.717, 1.165) is 28.7 Å². The molecule has 33 heavy (non-hydrogen) atoms. The molecule has 0 heterocycles. The number of carbonyl (C=O) groups is 1. The summed E-state index contributed by atoms with van der Waals surface area (Å²) in [6.45, 7) is 14.2. The number of ether oxygens (including phenoxy) is 1. The van der Waals surface area contributed by atoms with Gasteiger partial charge in [-0.1, -0.05) is 107 Å². The molecule has 0 unspecified atom stereocenters. The van der Waals surface area contributed by atoms with Crippen LogP contribution in [0.4, 0.5) is 0 Å². The van der Waals surface area contributed by atoms with Crippen molar-refractivity contribution in [3.63, 3.8) is 0 Å². The van der Waals surface area contributed by atoms with Crippen LogP contribution in [0.25, 0.3) is 0 Å². The molecule has 0 aliphatic carbocycles. The van der Waals surface area contributed by atoms with E-state index in [2.05, 4.69) is 26.2 Å². The maximum absolute atomic E-state index is 11.0. The minimum absolute atomic E-state index is 0.0123. The molecule has 0 saturated carbocycles. The van der Waals surface area contributed by atoms with Crippen LogP contribution in [0.1, 0.15) is 38.3 Å². The van der Waals surface area contributed by atoms with Crippen LogP contribution < -0.4 is 0 Å². The smallest absolute Gasteiger partial charge is 0.307 e. The standard InChI is InChI=1S/C27H31NO3.C2H6/c1-4-10-22(6-3)15-17-26(28)18-16-23(11-5-2)12-9-19-31-21-25-14-8-7-13-24(25)20-27(29)30;1-2/h4,6-18,28H,1,3,5,19-21H2,2H3,(H,29,30);1-2H3/b12-9-,17-15-,18-16+,22-10+,23-11+,28-26?;. The molecule has 1 aromatic rings. The minimum atomic E-state index is -0.855. The van der Waals surface area contributed by atoms with Crippen LogP contribution in [0.15, 0.2) is 109 Å². The first-order chi connectivity index (χ1) is 16.0. The SMILES string of the molecule is C=C/C=C(C=C)/C=C\C(=N)/C=C/C(/C=C\COCc1ccccc1CC(=O)O)=C/CC.CC. The highest BCUT2D eigenvalue weighted by atomic mass is 16.5. The van der Waals surface area contributed by atoms with Crippen LogP contribution in [0.2, 0.25) is 0 Å². The van der Waals surface area contributed by atoms with Gasteiger partial charge in [0.1, 0.15) is 0 Å². The molecule has 0 radical (unpaired) electrons. The Kier molecular flexibility index (Phi) is 17.2. The Bertz CT molecular complexity index is 915. The topological polar surface area (TPSA) is 70.4 Å². The first-order valence-corrected chi connectivity index (χ1v) is 11.1. The number of benzene rings is 1. The lowest BCUT2D eigenvalue weighted by Gasteiger charge is -2.07. The Morgan fingerprint density at radius 3 is 2.24 bits per heavy atom. The van der Waals surface area contributed by atoms with E-state index >= 15 is 0 Å². The van der Waals surface area contributed by atoms with Crippen LogP contribution in [0.5, 0.6) is 0 Å². The number of hydrogen-bond donors (Lipinski definition) is 2. The van der Waals surface area contributed by atoms with Crippen LogP contribution in [-0.2, 0) is 22.6 Å². The molecule has 4 heteroatoms. The zero-order chi connectivity index (χ0) is 24.9. The van der Waals surface area contributed by atoms with Gasteiger partial charge in [-0.15, -0.1) is 0 Å². The van der Waals surface area contributed by atoms with E-state index in [1.807, 2.05) is 68.5 Å². The van der Waals surface area contributed by atoms with Gasteiger partial charge >= 0.3 is 5.97 Å². The lowest BCUT2D eigenvalue weighted by atomic mass is 10.1. The summed E-state index contributed by atoms with van der Waals surface area (Å²) in [5.41, 5.74) is 3.90. The Labute approximate surface area is 199 Å². The largest absolute Gasteiger partial charge is 0.481 e. The van der Waals surface area contributed by atoms with E-state index in [4.69, 9.17) is 15.3 Å². The molecule has 0 spiro atoms. The fourth-order valence-corrected chi connectivity index (χ4v) is 2.64. The molecule has 0 aliphatic rings. The molecule has 0 aromatic heterocycles. The van der Waals surface area contributed by atoms with Gasteiger partial charge < -0.3 is 15.3 Å². The average molecular weight is 448 g/mol. The van der Waals surface area contributed by atoms with Crippen molar-refractivity contribution in [1.82, 2.24) is 0 Å². The Hall–Kier alpha value is -3.50. The first-order valence-electron chi connectivity index (χ1n) is 11.1. The quantitative estimate of drug-likeness (QED) is 0.180. The number of allylic oxidation sites excluding steroid dienone is 11. The third kappa shape index (κ3) is 14.2. The molecule has 0 saturated heterocycles. The fourth-order valence-electron chi connectivity index (χ4n) is 2.64. The Morgan fingerprint density at radius 1 is 1.03 bits per heavy atom. The zero-order valence-corrected chi connectivity index (χ0v) is 20.1. The van der Waals surface area contributed by atoms with Crippen molar-refractivity contribution < 1.29 is 14.6 Å². The molecule has 4 nitrogen and oxygen atoms in total. The Balaban J connectivity index is 0.00000497. The first kappa shape index (κ1) is 29.5. The number of rotatable bonds is 14. The van der Waals surface area contributed by atoms with Crippen molar-refractivity contribution in [2.75, 3.05) is 6.61 Å². The maximum Gasteiger partial charge on any atom is 0.307 e. The number of aliphatic carboxylic acids is 1.